The Morgan fingerprint density at radius 2 is 1.94 bits per heavy atom. The van der Waals surface area contributed by atoms with Crippen LogP contribution in [0.1, 0.15) is 38.4 Å². The summed E-state index contributed by atoms with van der Waals surface area (Å²) in [4.78, 5) is 0. The first-order valence-electron chi connectivity index (χ1n) is 5.76. The number of hydrogen-bond acceptors (Lipinski definition) is 2. The average molecular weight is 305 g/mol. The van der Waals surface area contributed by atoms with Gasteiger partial charge in [0.15, 0.2) is 0 Å². The van der Waals surface area contributed by atoms with Gasteiger partial charge in [-0.25, -0.2) is 4.39 Å². The van der Waals surface area contributed by atoms with Crippen molar-refractivity contribution in [1.29, 1.82) is 0 Å². The first-order chi connectivity index (χ1) is 8.04. The van der Waals surface area contributed by atoms with E-state index in [1.807, 2.05) is 13.8 Å². The van der Waals surface area contributed by atoms with Crippen molar-refractivity contribution < 1.29 is 14.2 Å². The molecule has 2 nitrogen and oxygen atoms in total. The minimum absolute atomic E-state index is 0.154. The second-order valence-corrected chi connectivity index (χ2v) is 4.88. The number of benzene rings is 1. The van der Waals surface area contributed by atoms with Gasteiger partial charge in [-0.3, -0.25) is 0 Å². The first kappa shape index (κ1) is 14.5. The zero-order valence-corrected chi connectivity index (χ0v) is 11.9. The normalized spacial score (nSPS) is 12.9. The number of methoxy groups -OCH3 is 1. The molecule has 0 aliphatic rings. The van der Waals surface area contributed by atoms with Crippen LogP contribution < -0.4 is 4.74 Å². The Hall–Kier alpha value is -0.610. The van der Waals surface area contributed by atoms with E-state index < -0.39 is 6.10 Å². The van der Waals surface area contributed by atoms with Crippen LogP contribution in [0.5, 0.6) is 5.75 Å². The van der Waals surface area contributed by atoms with Crippen LogP contribution in [0.4, 0.5) is 4.39 Å². The topological polar surface area (TPSA) is 29.5 Å². The van der Waals surface area contributed by atoms with Gasteiger partial charge >= 0.3 is 0 Å². The molecule has 0 aliphatic heterocycles. The highest BCUT2D eigenvalue weighted by Crippen LogP contribution is 2.36. The van der Waals surface area contributed by atoms with Crippen molar-refractivity contribution in [3.8, 4) is 5.75 Å². The summed E-state index contributed by atoms with van der Waals surface area (Å²) in [7, 11) is 1.48. The van der Waals surface area contributed by atoms with Gasteiger partial charge in [0.1, 0.15) is 11.6 Å². The zero-order valence-electron chi connectivity index (χ0n) is 10.3. The van der Waals surface area contributed by atoms with Gasteiger partial charge in [-0.2, -0.15) is 0 Å². The van der Waals surface area contributed by atoms with Crippen LogP contribution in [0.25, 0.3) is 0 Å². The van der Waals surface area contributed by atoms with E-state index in [2.05, 4.69) is 15.9 Å². The molecule has 0 heterocycles. The van der Waals surface area contributed by atoms with E-state index in [-0.39, 0.29) is 11.7 Å². The van der Waals surface area contributed by atoms with Crippen LogP contribution in [0, 0.1) is 11.7 Å². The van der Waals surface area contributed by atoms with Crippen LogP contribution in [-0.4, -0.2) is 12.2 Å². The molecule has 0 aliphatic carbocycles. The third-order valence-electron chi connectivity index (χ3n) is 3.09. The quantitative estimate of drug-likeness (QED) is 0.888. The number of rotatable bonds is 5. The molecule has 1 atom stereocenters. The summed E-state index contributed by atoms with van der Waals surface area (Å²) in [5.41, 5.74) is 0.634. The summed E-state index contributed by atoms with van der Waals surface area (Å²) in [6, 6.07) is 2.89. The molecule has 96 valence electrons. The van der Waals surface area contributed by atoms with Crippen molar-refractivity contribution in [3.63, 3.8) is 0 Å². The summed E-state index contributed by atoms with van der Waals surface area (Å²) in [6.45, 7) is 4.06. The molecule has 0 aromatic heterocycles. The molecule has 0 fully saturated rings. The molecule has 0 bridgehead atoms. The Bertz CT molecular complexity index is 378. The molecule has 1 unspecified atom stereocenters. The van der Waals surface area contributed by atoms with Crippen molar-refractivity contribution in [2.24, 2.45) is 5.92 Å². The highest BCUT2D eigenvalue weighted by molar-refractivity contribution is 9.10. The fraction of sp³-hybridized carbons (Fsp3) is 0.538. The third kappa shape index (κ3) is 3.19. The van der Waals surface area contributed by atoms with Crippen LogP contribution in [0.3, 0.4) is 0 Å². The summed E-state index contributed by atoms with van der Waals surface area (Å²) in [6.07, 6.45) is 1.11. The minimum atomic E-state index is -0.628. The van der Waals surface area contributed by atoms with Gasteiger partial charge in [-0.1, -0.05) is 26.7 Å². The van der Waals surface area contributed by atoms with Gasteiger partial charge in [0, 0.05) is 11.6 Å². The Morgan fingerprint density at radius 3 is 2.41 bits per heavy atom. The standard InChI is InChI=1S/C13H18BrFO2/c1-4-8(5-2)13(16)9-6-10(14)11(15)7-12(9)17-3/h6-8,13,16H,4-5H2,1-3H3. The molecule has 1 rings (SSSR count). The predicted molar refractivity (Wildman–Crippen MR) is 69.7 cm³/mol. The molecule has 1 aromatic rings. The fourth-order valence-corrected chi connectivity index (χ4v) is 2.30. The monoisotopic (exact) mass is 304 g/mol. The van der Waals surface area contributed by atoms with E-state index in [0.717, 1.165) is 12.8 Å². The van der Waals surface area contributed by atoms with Gasteiger partial charge in [0.25, 0.3) is 0 Å². The van der Waals surface area contributed by atoms with Gasteiger partial charge in [0.05, 0.1) is 17.7 Å². The van der Waals surface area contributed by atoms with Crippen molar-refractivity contribution in [2.45, 2.75) is 32.8 Å². The SMILES string of the molecule is CCC(CC)C(O)c1cc(Br)c(F)cc1OC. The van der Waals surface area contributed by atoms with E-state index in [1.54, 1.807) is 6.07 Å². The number of hydrogen-bond donors (Lipinski definition) is 1. The molecule has 0 spiro atoms. The number of aliphatic hydroxyl groups is 1. The Balaban J connectivity index is 3.15. The fourth-order valence-electron chi connectivity index (χ4n) is 1.94. The minimum Gasteiger partial charge on any atom is -0.496 e. The van der Waals surface area contributed by atoms with Crippen LogP contribution >= 0.6 is 15.9 Å². The van der Waals surface area contributed by atoms with Crippen molar-refractivity contribution in [3.05, 3.63) is 28.0 Å². The third-order valence-corrected chi connectivity index (χ3v) is 3.69. The molecular weight excluding hydrogens is 287 g/mol. The van der Waals surface area contributed by atoms with E-state index in [0.29, 0.717) is 15.8 Å². The maximum atomic E-state index is 13.4. The van der Waals surface area contributed by atoms with Gasteiger partial charge in [-0.15, -0.1) is 0 Å². The summed E-state index contributed by atoms with van der Waals surface area (Å²) >= 11 is 3.13. The number of aliphatic hydroxyl groups excluding tert-OH is 1. The average Bonchev–Trinajstić information content (AvgIpc) is 2.33. The molecule has 4 heteroatoms. The number of ether oxygens (including phenoxy) is 1. The highest BCUT2D eigenvalue weighted by Gasteiger charge is 2.22. The summed E-state index contributed by atoms with van der Waals surface area (Å²) in [5.74, 6) is 0.161. The Labute approximate surface area is 110 Å². The summed E-state index contributed by atoms with van der Waals surface area (Å²) < 4.78 is 18.8. The second-order valence-electron chi connectivity index (χ2n) is 4.03. The van der Waals surface area contributed by atoms with Crippen LogP contribution in [0.2, 0.25) is 0 Å². The lowest BCUT2D eigenvalue weighted by atomic mass is 9.91. The second kappa shape index (κ2) is 6.36. The predicted octanol–water partition coefficient (Wildman–Crippen LogP) is 4.07. The first-order valence-corrected chi connectivity index (χ1v) is 6.55. The van der Waals surface area contributed by atoms with Gasteiger partial charge in [-0.05, 0) is 27.9 Å². The lowest BCUT2D eigenvalue weighted by Gasteiger charge is -2.22. The van der Waals surface area contributed by atoms with Gasteiger partial charge < -0.3 is 9.84 Å². The Kier molecular flexibility index (Phi) is 5.40. The lowest BCUT2D eigenvalue weighted by molar-refractivity contribution is 0.100. The molecule has 0 amide bonds. The molecule has 1 N–H and O–H groups in total. The molecule has 17 heavy (non-hydrogen) atoms. The molecule has 1 aromatic carbocycles. The van der Waals surface area contributed by atoms with Crippen molar-refractivity contribution in [1.82, 2.24) is 0 Å². The number of halogens is 2. The largest absolute Gasteiger partial charge is 0.496 e. The van der Waals surface area contributed by atoms with Crippen LogP contribution in [0.15, 0.2) is 16.6 Å². The smallest absolute Gasteiger partial charge is 0.141 e. The molecule has 0 saturated carbocycles. The van der Waals surface area contributed by atoms with Gasteiger partial charge in [0.2, 0.25) is 0 Å². The molecule has 0 saturated heterocycles. The van der Waals surface area contributed by atoms with E-state index in [1.165, 1.54) is 13.2 Å². The molecular formula is C13H18BrFO2. The lowest BCUT2D eigenvalue weighted by Crippen LogP contribution is -2.12. The van der Waals surface area contributed by atoms with E-state index >= 15 is 0 Å². The zero-order chi connectivity index (χ0) is 13.0. The maximum Gasteiger partial charge on any atom is 0.141 e. The van der Waals surface area contributed by atoms with Crippen molar-refractivity contribution in [2.75, 3.05) is 7.11 Å². The Morgan fingerprint density at radius 1 is 1.35 bits per heavy atom. The molecule has 0 radical (unpaired) electrons. The summed E-state index contributed by atoms with van der Waals surface area (Å²) in [5, 5.41) is 10.3. The highest BCUT2D eigenvalue weighted by atomic mass is 79.9. The van der Waals surface area contributed by atoms with Crippen LogP contribution in [-0.2, 0) is 0 Å². The van der Waals surface area contributed by atoms with E-state index in [4.69, 9.17) is 4.74 Å². The maximum absolute atomic E-state index is 13.4. The van der Waals surface area contributed by atoms with E-state index in [9.17, 15) is 9.50 Å². The van der Waals surface area contributed by atoms with Crippen molar-refractivity contribution >= 4 is 15.9 Å².